The van der Waals surface area contributed by atoms with Crippen LogP contribution in [0.3, 0.4) is 0 Å². The quantitative estimate of drug-likeness (QED) is 0.730. The second-order valence-corrected chi connectivity index (χ2v) is 3.88. The van der Waals surface area contributed by atoms with Gasteiger partial charge in [-0.15, -0.1) is 0 Å². The summed E-state index contributed by atoms with van der Waals surface area (Å²) in [7, 11) is 1.07. The van der Waals surface area contributed by atoms with Crippen LogP contribution in [-0.4, -0.2) is 49.3 Å². The zero-order valence-electron chi connectivity index (χ0n) is 8.96. The van der Waals surface area contributed by atoms with E-state index in [4.69, 9.17) is 5.73 Å². The van der Waals surface area contributed by atoms with Crippen molar-refractivity contribution in [1.29, 1.82) is 0 Å². The van der Waals surface area contributed by atoms with E-state index in [2.05, 4.69) is 4.74 Å². The van der Waals surface area contributed by atoms with Gasteiger partial charge in [0, 0.05) is 19.1 Å². The van der Waals surface area contributed by atoms with E-state index in [0.717, 1.165) is 7.11 Å². The highest BCUT2D eigenvalue weighted by molar-refractivity contribution is 5.70. The Hall–Kier alpha value is -0.820. The number of nitrogens with zero attached hydrogens (tertiary/aromatic N) is 1. The molecule has 0 radical (unpaired) electrons. The number of hydrogen-bond acceptors (Lipinski definition) is 4. The number of likely N-dealkylation sites (tertiary alicyclic amines) is 1. The van der Waals surface area contributed by atoms with E-state index >= 15 is 0 Å². The minimum absolute atomic E-state index is 0.168. The smallest absolute Gasteiger partial charge is 0.404 e. The molecule has 1 heterocycles. The Morgan fingerprint density at radius 3 is 2.62 bits per heavy atom. The number of hydrogen-bond donors (Lipinski definition) is 1. The van der Waals surface area contributed by atoms with Crippen molar-refractivity contribution in [3.63, 3.8) is 0 Å². The number of rotatable bonds is 3. The van der Waals surface area contributed by atoms with Crippen molar-refractivity contribution in [2.75, 3.05) is 20.2 Å². The predicted octanol–water partition coefficient (Wildman–Crippen LogP) is 0.513. The van der Waals surface area contributed by atoms with Crippen LogP contribution in [0.15, 0.2) is 0 Å². The molecule has 7 heteroatoms. The number of carbonyl (C=O) groups excluding carboxylic acids is 1. The summed E-state index contributed by atoms with van der Waals surface area (Å²) in [6.07, 6.45) is -4.58. The number of alkyl halides is 3. The third-order valence-electron chi connectivity index (χ3n) is 2.66. The van der Waals surface area contributed by atoms with Gasteiger partial charge in [-0.3, -0.25) is 9.69 Å². The molecule has 0 spiro atoms. The number of methoxy groups -OCH3 is 1. The predicted molar refractivity (Wildman–Crippen MR) is 50.6 cm³/mol. The maximum absolute atomic E-state index is 12.7. The van der Waals surface area contributed by atoms with E-state index in [-0.39, 0.29) is 19.1 Å². The van der Waals surface area contributed by atoms with Gasteiger partial charge in [0.1, 0.15) is 6.04 Å². The van der Waals surface area contributed by atoms with Crippen LogP contribution >= 0.6 is 0 Å². The summed E-state index contributed by atoms with van der Waals surface area (Å²) in [6, 6.07) is -2.03. The fourth-order valence-corrected chi connectivity index (χ4v) is 1.79. The van der Waals surface area contributed by atoms with Crippen LogP contribution in [0.25, 0.3) is 0 Å². The van der Waals surface area contributed by atoms with E-state index in [9.17, 15) is 18.0 Å². The lowest BCUT2D eigenvalue weighted by Crippen LogP contribution is -2.46. The van der Waals surface area contributed by atoms with Gasteiger partial charge in [0.25, 0.3) is 0 Å². The summed E-state index contributed by atoms with van der Waals surface area (Å²) < 4.78 is 42.4. The molecule has 0 aromatic rings. The average molecular weight is 240 g/mol. The SMILES string of the molecule is COC(=O)CC(N1CCC(N)C1)C(F)(F)F. The third-order valence-corrected chi connectivity index (χ3v) is 2.66. The zero-order valence-corrected chi connectivity index (χ0v) is 8.96. The van der Waals surface area contributed by atoms with E-state index in [1.54, 1.807) is 0 Å². The first kappa shape index (κ1) is 13.2. The van der Waals surface area contributed by atoms with Crippen LogP contribution in [0.1, 0.15) is 12.8 Å². The third kappa shape index (κ3) is 3.34. The van der Waals surface area contributed by atoms with Crippen LogP contribution in [0.4, 0.5) is 13.2 Å². The summed E-state index contributed by atoms with van der Waals surface area (Å²) in [4.78, 5) is 12.1. The van der Waals surface area contributed by atoms with Gasteiger partial charge in [0.15, 0.2) is 0 Å². The molecule has 0 aromatic heterocycles. The number of carbonyl (C=O) groups is 1. The molecule has 94 valence electrons. The van der Waals surface area contributed by atoms with Crippen molar-refractivity contribution >= 4 is 5.97 Å². The van der Waals surface area contributed by atoms with Gasteiger partial charge in [0.2, 0.25) is 0 Å². The van der Waals surface area contributed by atoms with Gasteiger partial charge in [-0.05, 0) is 6.42 Å². The topological polar surface area (TPSA) is 55.6 Å². The lowest BCUT2D eigenvalue weighted by atomic mass is 10.1. The van der Waals surface area contributed by atoms with Gasteiger partial charge in [-0.2, -0.15) is 13.2 Å². The van der Waals surface area contributed by atoms with E-state index < -0.39 is 24.6 Å². The Morgan fingerprint density at radius 2 is 2.25 bits per heavy atom. The van der Waals surface area contributed by atoms with Gasteiger partial charge in [-0.1, -0.05) is 0 Å². The minimum atomic E-state index is -4.43. The van der Waals surface area contributed by atoms with Crippen molar-refractivity contribution in [2.24, 2.45) is 5.73 Å². The standard InChI is InChI=1S/C9H15F3N2O2/c1-16-8(15)4-7(9(10,11)12)14-3-2-6(13)5-14/h6-7H,2-5,13H2,1H3. The van der Waals surface area contributed by atoms with Gasteiger partial charge < -0.3 is 10.5 Å². The molecule has 0 amide bonds. The van der Waals surface area contributed by atoms with Crippen LogP contribution in [-0.2, 0) is 9.53 Å². The van der Waals surface area contributed by atoms with E-state index in [0.29, 0.717) is 6.42 Å². The first-order valence-electron chi connectivity index (χ1n) is 4.97. The molecule has 1 aliphatic heterocycles. The fraction of sp³-hybridized carbons (Fsp3) is 0.889. The Labute approximate surface area is 91.5 Å². The van der Waals surface area contributed by atoms with Gasteiger partial charge in [0.05, 0.1) is 13.5 Å². The Balaban J connectivity index is 2.68. The van der Waals surface area contributed by atoms with Gasteiger partial charge in [-0.25, -0.2) is 0 Å². The lowest BCUT2D eigenvalue weighted by molar-refractivity contribution is -0.189. The minimum Gasteiger partial charge on any atom is -0.469 e. The van der Waals surface area contributed by atoms with Gasteiger partial charge >= 0.3 is 12.1 Å². The summed E-state index contributed by atoms with van der Waals surface area (Å²) in [6.45, 7) is 0.434. The number of ether oxygens (including phenoxy) is 1. The van der Waals surface area contributed by atoms with Crippen molar-refractivity contribution in [2.45, 2.75) is 31.1 Å². The summed E-state index contributed by atoms with van der Waals surface area (Å²) >= 11 is 0. The molecule has 16 heavy (non-hydrogen) atoms. The highest BCUT2D eigenvalue weighted by Gasteiger charge is 2.46. The summed E-state index contributed by atoms with van der Waals surface area (Å²) in [5.41, 5.74) is 5.54. The molecule has 2 unspecified atom stereocenters. The molecular formula is C9H15F3N2O2. The van der Waals surface area contributed by atoms with Crippen LogP contribution in [0.2, 0.25) is 0 Å². The Morgan fingerprint density at radius 1 is 1.62 bits per heavy atom. The molecular weight excluding hydrogens is 225 g/mol. The normalized spacial score (nSPS) is 24.4. The molecule has 0 saturated carbocycles. The number of halogens is 3. The monoisotopic (exact) mass is 240 g/mol. The first-order chi connectivity index (χ1) is 7.34. The highest BCUT2D eigenvalue weighted by Crippen LogP contribution is 2.29. The maximum Gasteiger partial charge on any atom is 0.404 e. The molecule has 2 N–H and O–H groups in total. The number of esters is 1. The lowest BCUT2D eigenvalue weighted by Gasteiger charge is -2.28. The molecule has 4 nitrogen and oxygen atoms in total. The fourth-order valence-electron chi connectivity index (χ4n) is 1.79. The maximum atomic E-state index is 12.7. The van der Waals surface area contributed by atoms with E-state index in [1.807, 2.05) is 0 Å². The van der Waals surface area contributed by atoms with Crippen LogP contribution < -0.4 is 5.73 Å². The van der Waals surface area contributed by atoms with E-state index in [1.165, 1.54) is 4.90 Å². The van der Waals surface area contributed by atoms with Crippen molar-refractivity contribution in [1.82, 2.24) is 4.90 Å². The summed E-state index contributed by atoms with van der Waals surface area (Å²) in [5, 5.41) is 0. The van der Waals surface area contributed by atoms with Crippen molar-refractivity contribution in [3.05, 3.63) is 0 Å². The van der Waals surface area contributed by atoms with Crippen LogP contribution in [0, 0.1) is 0 Å². The van der Waals surface area contributed by atoms with Crippen molar-refractivity contribution < 1.29 is 22.7 Å². The molecule has 1 saturated heterocycles. The molecule has 1 aliphatic rings. The molecule has 1 fully saturated rings. The average Bonchev–Trinajstić information content (AvgIpc) is 2.58. The largest absolute Gasteiger partial charge is 0.469 e. The van der Waals surface area contributed by atoms with Crippen LogP contribution in [0.5, 0.6) is 0 Å². The molecule has 2 atom stereocenters. The first-order valence-corrected chi connectivity index (χ1v) is 4.97. The highest BCUT2D eigenvalue weighted by atomic mass is 19.4. The molecule has 1 rings (SSSR count). The molecule has 0 bridgehead atoms. The second kappa shape index (κ2) is 5.01. The Kier molecular flexibility index (Phi) is 4.15. The summed E-state index contributed by atoms with van der Waals surface area (Å²) in [5.74, 6) is -0.859. The Bertz CT molecular complexity index is 258. The molecule has 0 aromatic carbocycles. The van der Waals surface area contributed by atoms with Crippen molar-refractivity contribution in [3.8, 4) is 0 Å². The molecule has 0 aliphatic carbocycles. The zero-order chi connectivity index (χ0) is 12.3. The number of nitrogens with two attached hydrogens (primary N) is 1. The second-order valence-electron chi connectivity index (χ2n) is 3.88.